The highest BCUT2D eigenvalue weighted by atomic mass is 79.9. The molecule has 0 aromatic heterocycles. The predicted octanol–water partition coefficient (Wildman–Crippen LogP) is 3.69. The lowest BCUT2D eigenvalue weighted by molar-refractivity contribution is -0.138. The number of urea groups is 1. The molecular weight excluding hydrogens is 758 g/mol. The van der Waals surface area contributed by atoms with Crippen LogP contribution in [0.3, 0.4) is 0 Å². The fourth-order valence-corrected chi connectivity index (χ4v) is 7.09. The maximum Gasteiger partial charge on any atom is 0.407 e. The largest absolute Gasteiger partial charge is 0.480 e. The number of unbranched alkanes of at least 4 members (excludes halogenated alkanes) is 1. The van der Waals surface area contributed by atoms with Crippen molar-refractivity contribution < 1.29 is 34.2 Å². The van der Waals surface area contributed by atoms with Crippen molar-refractivity contribution in [2.24, 2.45) is 0 Å². The number of anilines is 1. The predicted molar refractivity (Wildman–Crippen MR) is 202 cm³/mol. The van der Waals surface area contributed by atoms with Crippen LogP contribution in [0.4, 0.5) is 15.3 Å². The van der Waals surface area contributed by atoms with Crippen molar-refractivity contribution in [3.05, 3.63) is 63.1 Å². The molecule has 0 bridgehead atoms. The second-order valence-electron chi connectivity index (χ2n) is 13.7. The van der Waals surface area contributed by atoms with Gasteiger partial charge in [0.25, 0.3) is 5.91 Å². The van der Waals surface area contributed by atoms with Gasteiger partial charge in [0.05, 0.1) is 18.8 Å². The van der Waals surface area contributed by atoms with Crippen molar-refractivity contribution in [2.75, 3.05) is 90.5 Å². The average Bonchev–Trinajstić information content (AvgIpc) is 3.24. The molecule has 2 fully saturated rings. The van der Waals surface area contributed by atoms with E-state index in [0.717, 1.165) is 15.6 Å². The van der Waals surface area contributed by atoms with E-state index in [-0.39, 0.29) is 38.0 Å². The van der Waals surface area contributed by atoms with Crippen molar-refractivity contribution in [1.82, 2.24) is 29.8 Å². The maximum atomic E-state index is 14.1. The normalized spacial score (nSPS) is 20.1. The summed E-state index contributed by atoms with van der Waals surface area (Å²) in [4.78, 5) is 74.0. The summed E-state index contributed by atoms with van der Waals surface area (Å²) in [6.45, 7) is 7.46. The van der Waals surface area contributed by atoms with Gasteiger partial charge in [-0.15, -0.1) is 0 Å². The van der Waals surface area contributed by atoms with E-state index in [4.69, 9.17) is 11.6 Å². The first-order valence-corrected chi connectivity index (χ1v) is 18.6. The van der Waals surface area contributed by atoms with Gasteiger partial charge in [-0.2, -0.15) is 0 Å². The zero-order chi connectivity index (χ0) is 38.0. The van der Waals surface area contributed by atoms with E-state index in [1.807, 2.05) is 43.1 Å². The first-order chi connectivity index (χ1) is 24.7. The average molecular weight is 807 g/mol. The molecule has 0 spiro atoms. The zero-order valence-corrected chi connectivity index (χ0v) is 32.4. The molecule has 2 heterocycles. The third-order valence-corrected chi connectivity index (χ3v) is 10.3. The first kappa shape index (κ1) is 41.0. The summed E-state index contributed by atoms with van der Waals surface area (Å²) in [6.07, 6.45) is 0.337. The number of carbonyl (C=O) groups is 5. The van der Waals surface area contributed by atoms with Crippen LogP contribution >= 0.6 is 27.5 Å². The first-order valence-electron chi connectivity index (χ1n) is 17.4. The molecule has 0 saturated carbocycles. The van der Waals surface area contributed by atoms with E-state index in [1.54, 1.807) is 34.9 Å². The van der Waals surface area contributed by atoms with Crippen LogP contribution in [0, 0.1) is 6.92 Å². The smallest absolute Gasteiger partial charge is 0.407 e. The molecule has 3 N–H and O–H groups in total. The van der Waals surface area contributed by atoms with Crippen LogP contribution in [0.15, 0.2) is 46.9 Å². The molecule has 16 heteroatoms. The standard InChI is InChI=1S/C36H49BrClN7O7/c1-26-20-29(38)22-30(21-26)45-33(49)36(2,23-27-6-8-28(37)9-7-27)44(34(45)50)11-5-4-10-39-31(46)24-41-14-12-40(3)13-15-42(25-32(47)48)17-19-43(18-16-41)35(51)52/h6-9,20-22H,4-5,10-19,23-25H2,1-3H3,(H,39,46)(H,47,48)(H,51,52)/t36-/m0/s1. The Labute approximate surface area is 318 Å². The molecule has 52 heavy (non-hydrogen) atoms. The molecule has 0 unspecified atom stereocenters. The summed E-state index contributed by atoms with van der Waals surface area (Å²) in [5, 5.41) is 22.4. The van der Waals surface area contributed by atoms with Crippen LogP contribution in [0.2, 0.25) is 5.02 Å². The number of amides is 5. The van der Waals surface area contributed by atoms with Gasteiger partial charge in [0.2, 0.25) is 5.91 Å². The van der Waals surface area contributed by atoms with Gasteiger partial charge in [0.1, 0.15) is 5.54 Å². The van der Waals surface area contributed by atoms with E-state index in [1.165, 1.54) is 9.80 Å². The molecule has 2 aromatic rings. The van der Waals surface area contributed by atoms with Gasteiger partial charge in [-0.3, -0.25) is 24.2 Å². The number of nitrogens with zero attached hydrogens (tertiary/aromatic N) is 6. The minimum atomic E-state index is -1.14. The second-order valence-corrected chi connectivity index (χ2v) is 15.1. The minimum absolute atomic E-state index is 0.0881. The number of aliphatic carboxylic acids is 1. The van der Waals surface area contributed by atoms with Crippen LogP contribution in [0.25, 0.3) is 0 Å². The second kappa shape index (κ2) is 18.8. The van der Waals surface area contributed by atoms with E-state index in [2.05, 4.69) is 26.1 Å². The third kappa shape index (κ3) is 11.4. The summed E-state index contributed by atoms with van der Waals surface area (Å²) in [5.74, 6) is -1.48. The Morgan fingerprint density at radius 1 is 0.885 bits per heavy atom. The van der Waals surface area contributed by atoms with Crippen LogP contribution in [-0.2, 0) is 20.8 Å². The van der Waals surface area contributed by atoms with E-state index < -0.39 is 23.6 Å². The number of carboxylic acids is 1. The van der Waals surface area contributed by atoms with Crippen molar-refractivity contribution >= 4 is 63.1 Å². The van der Waals surface area contributed by atoms with Crippen molar-refractivity contribution in [2.45, 2.75) is 38.6 Å². The summed E-state index contributed by atoms with van der Waals surface area (Å²) >= 11 is 9.77. The number of rotatable bonds is 12. The molecule has 4 rings (SSSR count). The number of carboxylic acid groups (broad SMARTS) is 2. The van der Waals surface area contributed by atoms with Gasteiger partial charge in [-0.25, -0.2) is 14.5 Å². The van der Waals surface area contributed by atoms with Crippen LogP contribution in [0.1, 0.15) is 30.9 Å². The Hall–Kier alpha value is -3.76. The van der Waals surface area contributed by atoms with E-state index in [9.17, 15) is 34.2 Å². The molecular formula is C36H49BrClN7O7. The van der Waals surface area contributed by atoms with Gasteiger partial charge in [-0.1, -0.05) is 39.7 Å². The number of benzene rings is 2. The summed E-state index contributed by atoms with van der Waals surface area (Å²) in [5.41, 5.74) is 1.02. The highest BCUT2D eigenvalue weighted by molar-refractivity contribution is 9.10. The Morgan fingerprint density at radius 2 is 1.50 bits per heavy atom. The van der Waals surface area contributed by atoms with Crippen LogP contribution in [-0.4, -0.2) is 156 Å². The highest BCUT2D eigenvalue weighted by Gasteiger charge is 2.54. The molecule has 0 aliphatic carbocycles. The number of likely N-dealkylation sites (N-methyl/N-ethyl adjacent to an activating group) is 1. The Bertz CT molecular complexity index is 1580. The Morgan fingerprint density at radius 3 is 2.10 bits per heavy atom. The van der Waals surface area contributed by atoms with Gasteiger partial charge in [0, 0.05) is 81.4 Å². The number of hydrogen-bond donors (Lipinski definition) is 3. The maximum absolute atomic E-state index is 14.1. The molecule has 2 saturated heterocycles. The third-order valence-electron chi connectivity index (χ3n) is 9.52. The fourth-order valence-electron chi connectivity index (χ4n) is 6.54. The molecule has 14 nitrogen and oxygen atoms in total. The fraction of sp³-hybridized carbons (Fsp3) is 0.528. The van der Waals surface area contributed by atoms with E-state index >= 15 is 0 Å². The number of hydrogen-bond acceptors (Lipinski definition) is 8. The van der Waals surface area contributed by atoms with Crippen LogP contribution in [0.5, 0.6) is 0 Å². The molecule has 5 amide bonds. The van der Waals surface area contributed by atoms with Crippen molar-refractivity contribution in [3.8, 4) is 0 Å². The van der Waals surface area contributed by atoms with Gasteiger partial charge in [0.15, 0.2) is 0 Å². The van der Waals surface area contributed by atoms with Gasteiger partial charge in [-0.05, 0) is 75.2 Å². The summed E-state index contributed by atoms with van der Waals surface area (Å²) in [6, 6.07) is 12.4. The highest BCUT2D eigenvalue weighted by Crippen LogP contribution is 2.36. The molecule has 2 aliphatic heterocycles. The zero-order valence-electron chi connectivity index (χ0n) is 30.0. The monoisotopic (exact) mass is 805 g/mol. The SMILES string of the molecule is Cc1cc(Cl)cc(N2C(=O)N(CCCCNC(=O)CN3CCN(C)CCN(CC(=O)O)CCN(C(=O)O)CC3)[C@@](C)(Cc3ccc(Br)cc3)C2=O)c1. The molecule has 1 atom stereocenters. The summed E-state index contributed by atoms with van der Waals surface area (Å²) in [7, 11) is 1.93. The van der Waals surface area contributed by atoms with E-state index in [0.29, 0.717) is 82.3 Å². The summed E-state index contributed by atoms with van der Waals surface area (Å²) < 4.78 is 0.911. The number of nitrogens with one attached hydrogen (secondary N) is 1. The lowest BCUT2D eigenvalue weighted by Gasteiger charge is -2.32. The molecule has 2 aromatic carbocycles. The quantitative estimate of drug-likeness (QED) is 0.214. The minimum Gasteiger partial charge on any atom is -0.480 e. The van der Waals surface area contributed by atoms with Crippen molar-refractivity contribution in [1.29, 1.82) is 0 Å². The molecule has 0 radical (unpaired) electrons. The topological polar surface area (TPSA) is 157 Å². The van der Waals surface area contributed by atoms with Gasteiger partial charge < -0.3 is 30.2 Å². The molecule has 284 valence electrons. The van der Waals surface area contributed by atoms with Crippen LogP contribution < -0.4 is 10.2 Å². The van der Waals surface area contributed by atoms with Gasteiger partial charge >= 0.3 is 18.1 Å². The van der Waals surface area contributed by atoms with Crippen molar-refractivity contribution in [3.63, 3.8) is 0 Å². The number of carbonyl (C=O) groups excluding carboxylic acids is 3. The number of imide groups is 1. The number of aryl methyl sites for hydroxylation is 1. The number of halogens is 2. The lowest BCUT2D eigenvalue weighted by Crippen LogP contribution is -2.49. The molecule has 2 aliphatic rings. The Kier molecular flexibility index (Phi) is 14.8. The lowest BCUT2D eigenvalue weighted by atomic mass is 9.91. The Balaban J connectivity index is 1.35.